The number of fused-ring (bicyclic) bond motifs is 1. The van der Waals surface area contributed by atoms with E-state index in [2.05, 4.69) is 16.7 Å². The van der Waals surface area contributed by atoms with Crippen molar-refractivity contribution in [3.8, 4) is 17.6 Å². The Hall–Kier alpha value is -4.05. The lowest BCUT2D eigenvalue weighted by Gasteiger charge is -2.14. The smallest absolute Gasteiger partial charge is 0.262 e. The number of nitrogens with one attached hydrogen (secondary N) is 2. The molecule has 1 amide bonds. The minimum atomic E-state index is -0.719. The molecule has 1 aliphatic rings. The third kappa shape index (κ3) is 4.03. The summed E-state index contributed by atoms with van der Waals surface area (Å²) in [6.07, 6.45) is -0.719. The molecule has 0 aliphatic carbocycles. The number of anilines is 2. The second kappa shape index (κ2) is 8.13. The fourth-order valence-electron chi connectivity index (χ4n) is 3.13. The second-order valence-corrected chi connectivity index (χ2v) is 6.80. The van der Waals surface area contributed by atoms with Crippen LogP contribution in [0.25, 0.3) is 0 Å². The summed E-state index contributed by atoms with van der Waals surface area (Å²) in [4.78, 5) is 12.1. The molecule has 7 heteroatoms. The van der Waals surface area contributed by atoms with Crippen molar-refractivity contribution in [3.05, 3.63) is 83.2 Å². The molecule has 0 spiro atoms. The van der Waals surface area contributed by atoms with Crippen LogP contribution >= 0.6 is 0 Å². The third-order valence-electron chi connectivity index (χ3n) is 4.66. The molecular weight excluding hydrogens is 385 g/mol. The Labute approximate surface area is 172 Å². The number of ether oxygens (including phenoxy) is 2. The van der Waals surface area contributed by atoms with Crippen molar-refractivity contribution in [1.29, 1.82) is 5.26 Å². The summed E-state index contributed by atoms with van der Waals surface area (Å²) in [7, 11) is 0. The van der Waals surface area contributed by atoms with E-state index in [1.165, 1.54) is 6.07 Å². The molecule has 0 saturated carbocycles. The average molecular weight is 403 g/mol. The summed E-state index contributed by atoms with van der Waals surface area (Å²) in [6.45, 7) is 1.71. The highest BCUT2D eigenvalue weighted by Gasteiger charge is 2.26. The maximum atomic E-state index is 14.7. The minimum absolute atomic E-state index is 0.182. The van der Waals surface area contributed by atoms with Crippen LogP contribution in [0.5, 0.6) is 11.5 Å². The molecule has 4 rings (SSSR count). The van der Waals surface area contributed by atoms with Gasteiger partial charge in [0.2, 0.25) is 0 Å². The first kappa shape index (κ1) is 19.3. The predicted octanol–water partition coefficient (Wildman–Crippen LogP) is 4.53. The zero-order chi connectivity index (χ0) is 21.1. The summed E-state index contributed by atoms with van der Waals surface area (Å²) < 4.78 is 25.9. The van der Waals surface area contributed by atoms with E-state index >= 15 is 0 Å². The predicted molar refractivity (Wildman–Crippen MR) is 110 cm³/mol. The molecule has 1 unspecified atom stereocenters. The first-order valence-electron chi connectivity index (χ1n) is 9.28. The van der Waals surface area contributed by atoms with Crippen molar-refractivity contribution in [2.75, 3.05) is 17.2 Å². The quantitative estimate of drug-likeness (QED) is 0.654. The van der Waals surface area contributed by atoms with Crippen LogP contribution in [0.4, 0.5) is 15.8 Å². The molecule has 6 nitrogen and oxygen atoms in total. The highest BCUT2D eigenvalue weighted by atomic mass is 19.1. The van der Waals surface area contributed by atoms with Crippen LogP contribution in [0.2, 0.25) is 0 Å². The Bertz CT molecular complexity index is 1160. The zero-order valence-corrected chi connectivity index (χ0v) is 16.1. The largest absolute Gasteiger partial charge is 0.483 e. The van der Waals surface area contributed by atoms with Gasteiger partial charge in [-0.15, -0.1) is 0 Å². The van der Waals surface area contributed by atoms with Gasteiger partial charge in [-0.1, -0.05) is 18.2 Å². The molecule has 0 aromatic heterocycles. The summed E-state index contributed by atoms with van der Waals surface area (Å²) in [5, 5.41) is 14.7. The van der Waals surface area contributed by atoms with E-state index in [9.17, 15) is 9.18 Å². The topological polar surface area (TPSA) is 83.4 Å². The van der Waals surface area contributed by atoms with Crippen molar-refractivity contribution in [2.45, 2.75) is 13.2 Å². The number of hydrogen-bond acceptors (Lipinski definition) is 5. The lowest BCUT2D eigenvalue weighted by molar-refractivity contribution is -0.118. The third-order valence-corrected chi connectivity index (χ3v) is 4.66. The van der Waals surface area contributed by atoms with E-state index in [-0.39, 0.29) is 6.61 Å². The van der Waals surface area contributed by atoms with Crippen LogP contribution in [-0.4, -0.2) is 12.5 Å². The lowest BCUT2D eigenvalue weighted by atomic mass is 10.1. The van der Waals surface area contributed by atoms with Gasteiger partial charge in [0.25, 0.3) is 5.91 Å². The number of rotatable bonds is 5. The number of hydrogen-bond donors (Lipinski definition) is 2. The minimum Gasteiger partial charge on any atom is -0.483 e. The first-order valence-corrected chi connectivity index (χ1v) is 9.28. The number of nitriles is 1. The van der Waals surface area contributed by atoms with Gasteiger partial charge in [0, 0.05) is 11.3 Å². The van der Waals surface area contributed by atoms with Crippen molar-refractivity contribution in [1.82, 2.24) is 0 Å². The number of halogens is 1. The Morgan fingerprint density at radius 1 is 1.23 bits per heavy atom. The fraction of sp³-hybridized carbons (Fsp3) is 0.130. The molecule has 1 atom stereocenters. The van der Waals surface area contributed by atoms with Crippen LogP contribution in [0.3, 0.4) is 0 Å². The van der Waals surface area contributed by atoms with Crippen LogP contribution < -0.4 is 20.1 Å². The van der Waals surface area contributed by atoms with Crippen molar-refractivity contribution < 1.29 is 18.7 Å². The number of carbonyl (C=O) groups excluding carboxylic acids is 1. The standard InChI is InChI=1S/C23H18FN3O3/c1-14-4-2-3-5-20(14)29-13-22(28)26-16-7-8-17(18(24)11-16)23-27-19-10-15(12-25)6-9-21(19)30-23/h2-11,23,27H,13H2,1H3,(H,26,28). The first-order chi connectivity index (χ1) is 14.5. The van der Waals surface area contributed by atoms with Gasteiger partial charge in [0.05, 0.1) is 17.3 Å². The molecule has 0 radical (unpaired) electrons. The van der Waals surface area contributed by atoms with E-state index < -0.39 is 18.0 Å². The molecule has 3 aromatic rings. The Balaban J connectivity index is 1.39. The van der Waals surface area contributed by atoms with E-state index in [1.807, 2.05) is 25.1 Å². The van der Waals surface area contributed by atoms with Crippen LogP contribution in [0.1, 0.15) is 22.9 Å². The van der Waals surface area contributed by atoms with E-state index in [0.29, 0.717) is 34.0 Å². The zero-order valence-electron chi connectivity index (χ0n) is 16.1. The average Bonchev–Trinajstić information content (AvgIpc) is 3.16. The lowest BCUT2D eigenvalue weighted by Crippen LogP contribution is -2.20. The molecule has 0 bridgehead atoms. The van der Waals surface area contributed by atoms with Gasteiger partial charge in [0.1, 0.15) is 17.3 Å². The van der Waals surface area contributed by atoms with Crippen molar-refractivity contribution in [3.63, 3.8) is 0 Å². The number of benzene rings is 3. The van der Waals surface area contributed by atoms with Crippen LogP contribution in [0.15, 0.2) is 60.7 Å². The number of nitrogens with zero attached hydrogens (tertiary/aromatic N) is 1. The summed E-state index contributed by atoms with van der Waals surface area (Å²) >= 11 is 0. The van der Waals surface area contributed by atoms with Crippen LogP contribution in [0, 0.1) is 24.1 Å². The van der Waals surface area contributed by atoms with Gasteiger partial charge in [-0.25, -0.2) is 4.39 Å². The van der Waals surface area contributed by atoms with E-state index in [1.54, 1.807) is 36.4 Å². The van der Waals surface area contributed by atoms with Gasteiger partial charge in [-0.2, -0.15) is 5.26 Å². The number of carbonyl (C=O) groups is 1. The SMILES string of the molecule is Cc1ccccc1OCC(=O)Nc1ccc(C2Nc3cc(C#N)ccc3O2)c(F)c1. The molecular formula is C23H18FN3O3. The monoisotopic (exact) mass is 403 g/mol. The molecule has 1 heterocycles. The molecule has 30 heavy (non-hydrogen) atoms. The van der Waals surface area contributed by atoms with E-state index in [4.69, 9.17) is 14.7 Å². The van der Waals surface area contributed by atoms with Gasteiger partial charge in [-0.3, -0.25) is 4.79 Å². The second-order valence-electron chi connectivity index (χ2n) is 6.80. The van der Waals surface area contributed by atoms with Crippen LogP contribution in [-0.2, 0) is 4.79 Å². The Morgan fingerprint density at radius 3 is 2.83 bits per heavy atom. The molecule has 150 valence electrons. The summed E-state index contributed by atoms with van der Waals surface area (Å²) in [5.41, 5.74) is 2.64. The van der Waals surface area contributed by atoms with Gasteiger partial charge in [0.15, 0.2) is 12.8 Å². The molecule has 3 aromatic carbocycles. The molecule has 0 fully saturated rings. The number of amides is 1. The normalized spacial score (nSPS) is 14.1. The highest BCUT2D eigenvalue weighted by Crippen LogP contribution is 2.39. The van der Waals surface area contributed by atoms with Crippen molar-refractivity contribution in [2.24, 2.45) is 0 Å². The van der Waals surface area contributed by atoms with Crippen molar-refractivity contribution >= 4 is 17.3 Å². The van der Waals surface area contributed by atoms with Gasteiger partial charge in [-0.05, 0) is 55.0 Å². The molecule has 2 N–H and O–H groups in total. The Kier molecular flexibility index (Phi) is 5.22. The number of para-hydroxylation sites is 1. The fourth-order valence-corrected chi connectivity index (χ4v) is 3.13. The van der Waals surface area contributed by atoms with Gasteiger partial charge < -0.3 is 20.1 Å². The number of aryl methyl sites for hydroxylation is 1. The molecule has 1 aliphatic heterocycles. The summed E-state index contributed by atoms with van der Waals surface area (Å²) in [6, 6.07) is 18.8. The highest BCUT2D eigenvalue weighted by molar-refractivity contribution is 5.91. The van der Waals surface area contributed by atoms with E-state index in [0.717, 1.165) is 5.56 Å². The summed E-state index contributed by atoms with van der Waals surface area (Å²) in [5.74, 6) is 0.248. The maximum absolute atomic E-state index is 14.7. The molecule has 0 saturated heterocycles. The maximum Gasteiger partial charge on any atom is 0.262 e. The Morgan fingerprint density at radius 2 is 2.07 bits per heavy atom. The van der Waals surface area contributed by atoms with Gasteiger partial charge >= 0.3 is 0 Å².